The summed E-state index contributed by atoms with van der Waals surface area (Å²) in [5, 5.41) is 4.29. The number of rotatable bonds is 5. The van der Waals surface area contributed by atoms with Gasteiger partial charge in [0.2, 0.25) is 0 Å². The zero-order valence-electron chi connectivity index (χ0n) is 13.4. The van der Waals surface area contributed by atoms with E-state index in [1.54, 1.807) is 0 Å². The molecule has 1 fully saturated rings. The van der Waals surface area contributed by atoms with E-state index in [0.717, 1.165) is 44.2 Å². The van der Waals surface area contributed by atoms with E-state index < -0.39 is 0 Å². The summed E-state index contributed by atoms with van der Waals surface area (Å²) in [4.78, 5) is 2.37. The minimum atomic E-state index is 0.277. The molecule has 1 atom stereocenters. The lowest BCUT2D eigenvalue weighted by molar-refractivity contribution is 0.0821. The molecule has 0 spiro atoms. The van der Waals surface area contributed by atoms with Gasteiger partial charge in [-0.3, -0.25) is 0 Å². The van der Waals surface area contributed by atoms with Crippen molar-refractivity contribution in [2.24, 2.45) is 5.92 Å². The van der Waals surface area contributed by atoms with Gasteiger partial charge >= 0.3 is 0 Å². The Kier molecular flexibility index (Phi) is 6.34. The highest BCUT2D eigenvalue weighted by Gasteiger charge is 2.16. The molecule has 3 nitrogen and oxygen atoms in total. The maximum atomic E-state index is 6.44. The molecule has 1 aromatic rings. The van der Waals surface area contributed by atoms with Crippen LogP contribution in [0.15, 0.2) is 18.2 Å². The highest BCUT2D eigenvalue weighted by molar-refractivity contribution is 6.31. The molecule has 1 N–H and O–H groups in total. The number of ether oxygens (including phenoxy) is 1. The summed E-state index contributed by atoms with van der Waals surface area (Å²) in [6, 6.07) is 6.41. The molecule has 1 aliphatic rings. The second-order valence-corrected chi connectivity index (χ2v) is 6.69. The first-order valence-electron chi connectivity index (χ1n) is 7.92. The van der Waals surface area contributed by atoms with Gasteiger partial charge in [-0.1, -0.05) is 31.5 Å². The van der Waals surface area contributed by atoms with Gasteiger partial charge in [-0.25, -0.2) is 0 Å². The van der Waals surface area contributed by atoms with Crippen molar-refractivity contribution in [1.29, 1.82) is 0 Å². The van der Waals surface area contributed by atoms with Crippen LogP contribution < -0.4 is 10.2 Å². The predicted molar refractivity (Wildman–Crippen MR) is 90.2 cm³/mol. The lowest BCUT2D eigenvalue weighted by Crippen LogP contribution is -2.30. The van der Waals surface area contributed by atoms with Gasteiger partial charge in [0.15, 0.2) is 0 Å². The first-order chi connectivity index (χ1) is 10.1. The maximum Gasteiger partial charge on any atom is 0.0721 e. The molecular weight excluding hydrogens is 284 g/mol. The van der Waals surface area contributed by atoms with Crippen molar-refractivity contribution in [2.45, 2.75) is 39.8 Å². The minimum Gasteiger partial charge on any atom is -0.377 e. The number of anilines is 1. The smallest absolute Gasteiger partial charge is 0.0721 e. The van der Waals surface area contributed by atoms with Gasteiger partial charge in [-0.2, -0.15) is 0 Å². The molecule has 0 saturated carbocycles. The monoisotopic (exact) mass is 310 g/mol. The number of halogens is 1. The first-order valence-corrected chi connectivity index (χ1v) is 8.29. The average Bonchev–Trinajstić information content (AvgIpc) is 2.65. The van der Waals surface area contributed by atoms with Gasteiger partial charge in [0, 0.05) is 37.0 Å². The normalized spacial score (nSPS) is 19.9. The van der Waals surface area contributed by atoms with Crippen LogP contribution in [0, 0.1) is 5.92 Å². The SMILES string of the molecule is CC(C)CNCc1ccc(N2CCCOC(C)C2)cc1Cl. The van der Waals surface area contributed by atoms with Crippen LogP contribution in [0.3, 0.4) is 0 Å². The fourth-order valence-electron chi connectivity index (χ4n) is 2.60. The number of hydrogen-bond donors (Lipinski definition) is 1. The van der Waals surface area contributed by atoms with E-state index in [9.17, 15) is 0 Å². The van der Waals surface area contributed by atoms with Gasteiger partial charge in [-0.15, -0.1) is 0 Å². The second-order valence-electron chi connectivity index (χ2n) is 6.28. The topological polar surface area (TPSA) is 24.5 Å². The average molecular weight is 311 g/mol. The Morgan fingerprint density at radius 1 is 1.43 bits per heavy atom. The summed E-state index contributed by atoms with van der Waals surface area (Å²) >= 11 is 6.44. The van der Waals surface area contributed by atoms with E-state index in [1.165, 1.54) is 11.3 Å². The molecule has 1 aromatic carbocycles. The van der Waals surface area contributed by atoms with Crippen molar-refractivity contribution in [3.8, 4) is 0 Å². The highest BCUT2D eigenvalue weighted by atomic mass is 35.5. The van der Waals surface area contributed by atoms with E-state index in [4.69, 9.17) is 16.3 Å². The summed E-state index contributed by atoms with van der Waals surface area (Å²) < 4.78 is 5.70. The molecule has 4 heteroatoms. The Labute approximate surface area is 133 Å². The highest BCUT2D eigenvalue weighted by Crippen LogP contribution is 2.25. The van der Waals surface area contributed by atoms with Crippen molar-refractivity contribution >= 4 is 17.3 Å². The summed E-state index contributed by atoms with van der Waals surface area (Å²) in [7, 11) is 0. The molecule has 0 aliphatic carbocycles. The minimum absolute atomic E-state index is 0.277. The van der Waals surface area contributed by atoms with E-state index in [-0.39, 0.29) is 6.10 Å². The molecule has 1 aliphatic heterocycles. The molecule has 1 unspecified atom stereocenters. The van der Waals surface area contributed by atoms with E-state index >= 15 is 0 Å². The molecule has 1 heterocycles. The van der Waals surface area contributed by atoms with Gasteiger partial charge in [-0.05, 0) is 43.5 Å². The quantitative estimate of drug-likeness (QED) is 0.897. The van der Waals surface area contributed by atoms with Crippen molar-refractivity contribution in [2.75, 3.05) is 31.1 Å². The Balaban J connectivity index is 2.00. The van der Waals surface area contributed by atoms with Gasteiger partial charge < -0.3 is 15.0 Å². The summed E-state index contributed by atoms with van der Waals surface area (Å²) in [6.45, 7) is 11.2. The van der Waals surface area contributed by atoms with Gasteiger partial charge in [0.05, 0.1) is 6.10 Å². The number of nitrogens with one attached hydrogen (secondary N) is 1. The third-order valence-corrected chi connectivity index (χ3v) is 4.07. The molecule has 0 aromatic heterocycles. The lowest BCUT2D eigenvalue weighted by Gasteiger charge is -2.25. The third kappa shape index (κ3) is 5.17. The Hall–Kier alpha value is -0.770. The van der Waals surface area contributed by atoms with Crippen LogP contribution in [0.5, 0.6) is 0 Å². The predicted octanol–water partition coefficient (Wildman–Crippen LogP) is 3.70. The van der Waals surface area contributed by atoms with E-state index in [0.29, 0.717) is 5.92 Å². The van der Waals surface area contributed by atoms with Crippen LogP contribution in [0.2, 0.25) is 5.02 Å². The van der Waals surface area contributed by atoms with Crippen molar-refractivity contribution in [3.63, 3.8) is 0 Å². The van der Waals surface area contributed by atoms with Crippen LogP contribution in [-0.2, 0) is 11.3 Å². The standard InChI is InChI=1S/C17H27ClN2O/c1-13(2)10-19-11-15-5-6-16(9-17(15)18)20-7-4-8-21-14(3)12-20/h5-6,9,13-14,19H,4,7-8,10-12H2,1-3H3. The molecule has 0 radical (unpaired) electrons. The maximum absolute atomic E-state index is 6.44. The third-order valence-electron chi connectivity index (χ3n) is 3.72. The first kappa shape index (κ1) is 16.6. The molecule has 21 heavy (non-hydrogen) atoms. The van der Waals surface area contributed by atoms with E-state index in [1.807, 2.05) is 0 Å². The zero-order chi connectivity index (χ0) is 15.2. The summed E-state index contributed by atoms with van der Waals surface area (Å²) in [5.41, 5.74) is 2.37. The Bertz CT molecular complexity index is 450. The second kappa shape index (κ2) is 8.02. The van der Waals surface area contributed by atoms with Crippen molar-refractivity contribution in [1.82, 2.24) is 5.32 Å². The lowest BCUT2D eigenvalue weighted by atomic mass is 10.1. The van der Waals surface area contributed by atoms with Crippen LogP contribution >= 0.6 is 11.6 Å². The fraction of sp³-hybridized carbons (Fsp3) is 0.647. The molecule has 0 amide bonds. The Morgan fingerprint density at radius 3 is 2.95 bits per heavy atom. The van der Waals surface area contributed by atoms with Crippen LogP contribution in [0.1, 0.15) is 32.8 Å². The number of hydrogen-bond acceptors (Lipinski definition) is 3. The molecule has 118 valence electrons. The number of benzene rings is 1. The Morgan fingerprint density at radius 2 is 2.24 bits per heavy atom. The van der Waals surface area contributed by atoms with Crippen molar-refractivity contribution < 1.29 is 4.74 Å². The summed E-state index contributed by atoms with van der Waals surface area (Å²) in [6.07, 6.45) is 1.35. The number of nitrogens with zero attached hydrogens (tertiary/aromatic N) is 1. The molecule has 0 bridgehead atoms. The van der Waals surface area contributed by atoms with E-state index in [2.05, 4.69) is 49.2 Å². The van der Waals surface area contributed by atoms with Gasteiger partial charge in [0.25, 0.3) is 0 Å². The molecular formula is C17H27ClN2O. The fourth-order valence-corrected chi connectivity index (χ4v) is 2.84. The largest absolute Gasteiger partial charge is 0.377 e. The summed E-state index contributed by atoms with van der Waals surface area (Å²) in [5.74, 6) is 0.654. The van der Waals surface area contributed by atoms with Crippen LogP contribution in [0.25, 0.3) is 0 Å². The molecule has 1 saturated heterocycles. The van der Waals surface area contributed by atoms with Crippen LogP contribution in [-0.4, -0.2) is 32.3 Å². The molecule has 2 rings (SSSR count). The van der Waals surface area contributed by atoms with Gasteiger partial charge in [0.1, 0.15) is 0 Å². The zero-order valence-corrected chi connectivity index (χ0v) is 14.1. The van der Waals surface area contributed by atoms with Crippen molar-refractivity contribution in [3.05, 3.63) is 28.8 Å². The van der Waals surface area contributed by atoms with Crippen LogP contribution in [0.4, 0.5) is 5.69 Å².